The van der Waals surface area contributed by atoms with E-state index in [1.807, 2.05) is 17.0 Å². The molecule has 1 aromatic carbocycles. The molecular formula is C26H31N3O3. The van der Waals surface area contributed by atoms with Gasteiger partial charge in [0.2, 0.25) is 0 Å². The molecule has 0 spiro atoms. The number of rotatable bonds is 3. The van der Waals surface area contributed by atoms with Gasteiger partial charge in [-0.1, -0.05) is 24.0 Å². The van der Waals surface area contributed by atoms with Gasteiger partial charge in [0.15, 0.2) is 0 Å². The molecule has 32 heavy (non-hydrogen) atoms. The summed E-state index contributed by atoms with van der Waals surface area (Å²) >= 11 is 0. The first-order valence-electron chi connectivity index (χ1n) is 11.3. The van der Waals surface area contributed by atoms with E-state index in [0.717, 1.165) is 37.1 Å². The Morgan fingerprint density at radius 3 is 2.47 bits per heavy atom. The van der Waals surface area contributed by atoms with Gasteiger partial charge in [-0.15, -0.1) is 0 Å². The Morgan fingerprint density at radius 1 is 1.12 bits per heavy atom. The molecule has 0 unspecified atom stereocenters. The van der Waals surface area contributed by atoms with Gasteiger partial charge in [-0.2, -0.15) is 0 Å². The molecule has 6 nitrogen and oxygen atoms in total. The van der Waals surface area contributed by atoms with Gasteiger partial charge in [-0.3, -0.25) is 14.7 Å². The van der Waals surface area contributed by atoms with Crippen LogP contribution in [0.4, 0.5) is 0 Å². The zero-order valence-corrected chi connectivity index (χ0v) is 18.7. The molecule has 0 radical (unpaired) electrons. The Balaban J connectivity index is 1.55. The minimum atomic E-state index is -1.03. The van der Waals surface area contributed by atoms with Crippen molar-refractivity contribution in [2.75, 3.05) is 26.2 Å². The Kier molecular flexibility index (Phi) is 6.61. The molecular weight excluding hydrogens is 402 g/mol. The van der Waals surface area contributed by atoms with Gasteiger partial charge >= 0.3 is 0 Å². The number of hydrogen-bond acceptors (Lipinski definition) is 5. The van der Waals surface area contributed by atoms with Crippen molar-refractivity contribution in [2.24, 2.45) is 0 Å². The molecule has 2 saturated heterocycles. The number of carbonyl (C=O) groups is 1. The number of aliphatic hydroxyl groups excluding tert-OH is 1. The van der Waals surface area contributed by atoms with Gasteiger partial charge in [0.05, 0.1) is 6.61 Å². The van der Waals surface area contributed by atoms with E-state index in [1.54, 1.807) is 38.4 Å². The molecule has 6 heteroatoms. The summed E-state index contributed by atoms with van der Waals surface area (Å²) in [7, 11) is 0. The van der Waals surface area contributed by atoms with Crippen LogP contribution in [-0.4, -0.2) is 74.8 Å². The fraction of sp³-hybridized carbons (Fsp3) is 0.462. The number of carbonyl (C=O) groups excluding carboxylic acids is 1. The van der Waals surface area contributed by atoms with Crippen LogP contribution in [-0.2, 0) is 0 Å². The van der Waals surface area contributed by atoms with E-state index in [2.05, 4.69) is 33.9 Å². The lowest BCUT2D eigenvalue weighted by Crippen LogP contribution is -2.67. The average molecular weight is 434 g/mol. The molecule has 1 amide bonds. The summed E-state index contributed by atoms with van der Waals surface area (Å²) < 4.78 is 0. The number of amides is 1. The molecule has 0 saturated carbocycles. The maximum absolute atomic E-state index is 13.1. The SMILES string of the molecule is CC(C)(O)C#Cc1ccc([C@H]2[C@@H](CO)N3CCCCN(C(=O)c4ccncc4)C[C@@H]23)cc1. The van der Waals surface area contributed by atoms with E-state index in [-0.39, 0.29) is 30.5 Å². The normalized spacial score (nSPS) is 23.8. The van der Waals surface area contributed by atoms with Crippen molar-refractivity contribution in [3.8, 4) is 11.8 Å². The molecule has 4 rings (SSSR count). The van der Waals surface area contributed by atoms with Gasteiger partial charge in [-0.05, 0) is 63.1 Å². The van der Waals surface area contributed by atoms with Crippen molar-refractivity contribution >= 4 is 5.91 Å². The Bertz CT molecular complexity index is 989. The number of aromatic nitrogens is 1. The van der Waals surface area contributed by atoms with Crippen LogP contribution in [0.15, 0.2) is 48.8 Å². The Morgan fingerprint density at radius 2 is 1.81 bits per heavy atom. The van der Waals surface area contributed by atoms with E-state index < -0.39 is 5.60 Å². The number of aliphatic hydroxyl groups is 2. The second kappa shape index (κ2) is 9.41. The van der Waals surface area contributed by atoms with Gasteiger partial charge in [0, 0.05) is 54.6 Å². The maximum atomic E-state index is 13.1. The second-order valence-electron chi connectivity index (χ2n) is 9.21. The summed E-state index contributed by atoms with van der Waals surface area (Å²) in [5.41, 5.74) is 1.63. The monoisotopic (exact) mass is 433 g/mol. The van der Waals surface area contributed by atoms with Crippen LogP contribution in [0.1, 0.15) is 54.1 Å². The highest BCUT2D eigenvalue weighted by Crippen LogP contribution is 2.42. The van der Waals surface area contributed by atoms with Crippen LogP contribution in [0.3, 0.4) is 0 Å². The van der Waals surface area contributed by atoms with Gasteiger partial charge < -0.3 is 15.1 Å². The van der Waals surface area contributed by atoms with E-state index >= 15 is 0 Å². The highest BCUT2D eigenvalue weighted by atomic mass is 16.3. The van der Waals surface area contributed by atoms with Crippen LogP contribution in [0.5, 0.6) is 0 Å². The van der Waals surface area contributed by atoms with E-state index in [9.17, 15) is 15.0 Å². The van der Waals surface area contributed by atoms with Crippen LogP contribution < -0.4 is 0 Å². The third-order valence-electron chi connectivity index (χ3n) is 6.39. The number of pyridine rings is 1. The second-order valence-corrected chi connectivity index (χ2v) is 9.21. The Labute approximate surface area is 189 Å². The van der Waals surface area contributed by atoms with Crippen molar-refractivity contribution in [3.63, 3.8) is 0 Å². The van der Waals surface area contributed by atoms with Crippen LogP contribution in [0.2, 0.25) is 0 Å². The lowest BCUT2D eigenvalue weighted by Gasteiger charge is -2.57. The molecule has 2 aliphatic rings. The van der Waals surface area contributed by atoms with E-state index in [4.69, 9.17) is 0 Å². The van der Waals surface area contributed by atoms with Crippen molar-refractivity contribution in [2.45, 2.75) is 50.3 Å². The number of hydrogen-bond donors (Lipinski definition) is 2. The summed E-state index contributed by atoms with van der Waals surface area (Å²) in [6.07, 6.45) is 5.27. The van der Waals surface area contributed by atoms with Crippen molar-refractivity contribution in [3.05, 3.63) is 65.5 Å². The first-order chi connectivity index (χ1) is 15.4. The molecule has 2 aliphatic heterocycles. The number of benzene rings is 1. The zero-order chi connectivity index (χ0) is 22.7. The molecule has 2 aromatic rings. The standard InChI is InChI=1S/C26H31N3O3/c1-26(2,32)12-9-19-5-7-20(8-6-19)24-22-17-28(25(31)21-10-13-27-14-11-21)15-3-4-16-29(22)23(24)18-30/h5-8,10-11,13-14,22-24,30,32H,3-4,15-18H2,1-2H3/t22-,23+,24+/m0/s1. The highest BCUT2D eigenvalue weighted by Gasteiger charge is 2.49. The largest absolute Gasteiger partial charge is 0.395 e. The summed E-state index contributed by atoms with van der Waals surface area (Å²) in [5.74, 6) is 6.04. The predicted molar refractivity (Wildman–Crippen MR) is 123 cm³/mol. The van der Waals surface area contributed by atoms with Gasteiger partial charge in [0.25, 0.3) is 5.91 Å². The van der Waals surface area contributed by atoms with Gasteiger partial charge in [-0.25, -0.2) is 0 Å². The molecule has 3 atom stereocenters. The quantitative estimate of drug-likeness (QED) is 0.727. The lowest BCUT2D eigenvalue weighted by molar-refractivity contribution is -0.0606. The van der Waals surface area contributed by atoms with E-state index in [0.29, 0.717) is 12.1 Å². The predicted octanol–water partition coefficient (Wildman–Crippen LogP) is 2.27. The number of fused-ring (bicyclic) bond motifs is 1. The number of nitrogens with zero attached hydrogens (tertiary/aromatic N) is 3. The third-order valence-corrected chi connectivity index (χ3v) is 6.39. The van der Waals surface area contributed by atoms with Crippen LogP contribution in [0.25, 0.3) is 0 Å². The topological polar surface area (TPSA) is 76.9 Å². The average Bonchev–Trinajstić information content (AvgIpc) is 2.77. The van der Waals surface area contributed by atoms with Crippen molar-refractivity contribution in [1.29, 1.82) is 0 Å². The summed E-state index contributed by atoms with van der Waals surface area (Å²) in [5, 5.41) is 19.9. The highest BCUT2D eigenvalue weighted by molar-refractivity contribution is 5.94. The van der Waals surface area contributed by atoms with Gasteiger partial charge in [0.1, 0.15) is 5.60 Å². The fourth-order valence-electron chi connectivity index (χ4n) is 4.82. The van der Waals surface area contributed by atoms with Crippen molar-refractivity contribution < 1.29 is 15.0 Å². The molecule has 1 aromatic heterocycles. The third kappa shape index (κ3) is 4.86. The maximum Gasteiger partial charge on any atom is 0.254 e. The molecule has 0 aliphatic carbocycles. The van der Waals surface area contributed by atoms with Crippen LogP contribution >= 0.6 is 0 Å². The lowest BCUT2D eigenvalue weighted by atomic mass is 9.74. The van der Waals surface area contributed by atoms with Crippen molar-refractivity contribution in [1.82, 2.24) is 14.8 Å². The fourth-order valence-corrected chi connectivity index (χ4v) is 4.82. The van der Waals surface area contributed by atoms with Crippen LogP contribution in [0, 0.1) is 11.8 Å². The first-order valence-corrected chi connectivity index (χ1v) is 11.3. The minimum absolute atomic E-state index is 0.0395. The zero-order valence-electron chi connectivity index (χ0n) is 18.7. The molecule has 2 N–H and O–H groups in total. The first kappa shape index (κ1) is 22.5. The molecule has 2 fully saturated rings. The molecule has 3 heterocycles. The summed E-state index contributed by atoms with van der Waals surface area (Å²) in [6.45, 7) is 5.75. The molecule has 168 valence electrons. The summed E-state index contributed by atoms with van der Waals surface area (Å²) in [6, 6.07) is 11.8. The smallest absolute Gasteiger partial charge is 0.254 e. The summed E-state index contributed by atoms with van der Waals surface area (Å²) in [4.78, 5) is 21.5. The molecule has 0 bridgehead atoms. The minimum Gasteiger partial charge on any atom is -0.395 e. The van der Waals surface area contributed by atoms with E-state index in [1.165, 1.54) is 0 Å². The Hall–Kier alpha value is -2.72.